The minimum Gasteiger partial charge on any atom is -0.418 e. The van der Waals surface area contributed by atoms with Crippen LogP contribution >= 0.6 is 0 Å². The van der Waals surface area contributed by atoms with Crippen LogP contribution in [0.5, 0.6) is 0 Å². The topological polar surface area (TPSA) is 6.48 Å². The first kappa shape index (κ1) is 49.0. The minimum absolute atomic E-state index is 1.05. The summed E-state index contributed by atoms with van der Waals surface area (Å²) >= 11 is 0. The monoisotopic (exact) mass is 634 g/mol. The Morgan fingerprint density at radius 3 is 0.632 bits per heavy atom. The fraction of sp³-hybridized carbons (Fsp3) is 0.667. The molecule has 1 aliphatic heterocycles. The van der Waals surface area contributed by atoms with Gasteiger partial charge in [-0.15, -0.1) is 0 Å². The second-order valence-corrected chi connectivity index (χ2v) is 5.07. The predicted octanol–water partition coefficient (Wildman–Crippen LogP) is 8.48. The Labute approximate surface area is 198 Å². The molecule has 0 aromatic heterocycles. The Hall–Kier alpha value is -1.95. The Balaban J connectivity index is -0.0000000795. The van der Waals surface area contributed by atoms with Gasteiger partial charge in [0.15, 0.2) is 0 Å². The van der Waals surface area contributed by atoms with E-state index in [9.17, 15) is 104 Å². The van der Waals surface area contributed by atoms with Crippen LogP contribution in [0.3, 0.4) is 0 Å². The van der Waals surface area contributed by atoms with E-state index in [4.69, 9.17) is 0 Å². The first-order chi connectivity index (χ1) is 15.8. The molecular weight excluding hydrogens is 621 g/mol. The quantitative estimate of drug-likeness (QED) is 0.211. The fourth-order valence-corrected chi connectivity index (χ4v) is 0.794. The highest BCUT2D eigenvalue weighted by Crippen LogP contribution is 2.09. The summed E-state index contributed by atoms with van der Waals surface area (Å²) < 4.78 is 234. The molecule has 0 unspecified atom stereocenters. The van der Waals surface area contributed by atoms with Crippen LogP contribution < -0.4 is 0 Å². The van der Waals surface area contributed by atoms with Crippen molar-refractivity contribution in [3.8, 4) is 0 Å². The number of hydrogen-bond acceptors (Lipinski definition) is 2. The molecule has 0 saturated carbocycles. The molecule has 0 bridgehead atoms. The molecule has 238 valence electrons. The Morgan fingerprint density at radius 1 is 0.421 bits per heavy atom. The third-order valence-electron chi connectivity index (χ3n) is 1.34. The molecule has 32 heteroatoms. The van der Waals surface area contributed by atoms with Crippen molar-refractivity contribution in [3.05, 3.63) is 12.4 Å². The smallest absolute Gasteiger partial charge is 0.418 e. The van der Waals surface area contributed by atoms with Crippen LogP contribution in [0.2, 0.25) is 0 Å². The molecule has 0 aromatic rings. The summed E-state index contributed by atoms with van der Waals surface area (Å²) in [6.07, 6.45) is 4.20. The number of rotatable bonds is 1. The van der Waals surface area contributed by atoms with Gasteiger partial charge < -0.3 is 113 Å². The summed E-state index contributed by atoms with van der Waals surface area (Å²) in [4.78, 5) is 4.41. The molecule has 0 saturated heterocycles. The SMILES string of the molecule is CCN1C=CN(C)C1.F[B-](F)(F)F.F[B-](F)(F)F.F[B-](F)(F)F.F[B-](F)(F)F.F[B-](F)(F)F.F[B-](F)(F)F. The van der Waals surface area contributed by atoms with Gasteiger partial charge in [0.05, 0.1) is 6.67 Å². The average molecular weight is 633 g/mol. The zero-order valence-electron chi connectivity index (χ0n) is 18.0. The molecule has 0 N–H and O–H groups in total. The van der Waals surface area contributed by atoms with Crippen molar-refractivity contribution in [2.75, 3.05) is 20.3 Å². The summed E-state index contributed by atoms with van der Waals surface area (Å²) in [5, 5.41) is 0. The van der Waals surface area contributed by atoms with E-state index in [0.29, 0.717) is 0 Å². The molecule has 0 fully saturated rings. The zero-order valence-corrected chi connectivity index (χ0v) is 18.0. The highest BCUT2D eigenvalue weighted by Gasteiger charge is 2.22. The van der Waals surface area contributed by atoms with E-state index in [0.717, 1.165) is 13.2 Å². The average Bonchev–Trinajstić information content (AvgIpc) is 2.82. The van der Waals surface area contributed by atoms with Gasteiger partial charge in [0.2, 0.25) is 0 Å². The maximum atomic E-state index is 9.75. The van der Waals surface area contributed by atoms with Crippen LogP contribution in [0.4, 0.5) is 104 Å². The summed E-state index contributed by atoms with van der Waals surface area (Å²) in [5.41, 5.74) is 0. The van der Waals surface area contributed by atoms with Crippen molar-refractivity contribution in [3.63, 3.8) is 0 Å². The molecule has 0 radical (unpaired) electrons. The largest absolute Gasteiger partial charge is 0.673 e. The second kappa shape index (κ2) is 20.9. The lowest BCUT2D eigenvalue weighted by molar-refractivity contribution is 0.308. The van der Waals surface area contributed by atoms with Gasteiger partial charge in [0.25, 0.3) is 0 Å². The molecule has 0 aromatic carbocycles. The maximum absolute atomic E-state index is 9.75. The van der Waals surface area contributed by atoms with E-state index < -0.39 is 43.5 Å². The molecule has 0 amide bonds. The van der Waals surface area contributed by atoms with E-state index in [1.165, 1.54) is 0 Å². The van der Waals surface area contributed by atoms with E-state index in [1.807, 2.05) is 0 Å². The fourth-order valence-electron chi connectivity index (χ4n) is 0.794. The maximum Gasteiger partial charge on any atom is 0.673 e. The van der Waals surface area contributed by atoms with E-state index in [1.54, 1.807) is 0 Å². The summed E-state index contributed by atoms with van der Waals surface area (Å²) in [6, 6.07) is 0. The molecule has 38 heavy (non-hydrogen) atoms. The van der Waals surface area contributed by atoms with Gasteiger partial charge in [-0.05, 0) is 6.92 Å². The molecule has 0 atom stereocenters. The second-order valence-electron chi connectivity index (χ2n) is 5.07. The number of nitrogens with zero attached hydrogens (tertiary/aromatic N) is 2. The first-order valence-electron chi connectivity index (χ1n) is 8.19. The van der Waals surface area contributed by atoms with Gasteiger partial charge in [-0.25, -0.2) is 0 Å². The van der Waals surface area contributed by atoms with Crippen LogP contribution in [0.15, 0.2) is 12.4 Å². The third kappa shape index (κ3) is 454. The number of halogens is 24. The van der Waals surface area contributed by atoms with Crippen LogP contribution in [0.25, 0.3) is 0 Å². The Morgan fingerprint density at radius 2 is 0.579 bits per heavy atom. The van der Waals surface area contributed by atoms with Crippen molar-refractivity contribution in [1.82, 2.24) is 9.80 Å². The van der Waals surface area contributed by atoms with Crippen LogP contribution in [-0.2, 0) is 0 Å². The minimum atomic E-state index is -6.00. The summed E-state index contributed by atoms with van der Waals surface area (Å²) in [6.45, 7) is 4.32. The summed E-state index contributed by atoms with van der Waals surface area (Å²) in [7, 11) is -33.9. The molecule has 2 nitrogen and oxygen atoms in total. The first-order valence-corrected chi connectivity index (χ1v) is 8.19. The molecule has 1 rings (SSSR count). The third-order valence-corrected chi connectivity index (χ3v) is 1.34. The van der Waals surface area contributed by atoms with Crippen molar-refractivity contribution < 1.29 is 104 Å². The zero-order chi connectivity index (χ0) is 33.0. The number of hydrogen-bond donors (Lipinski definition) is 0. The van der Waals surface area contributed by atoms with Crippen LogP contribution in [0.1, 0.15) is 6.92 Å². The Kier molecular flexibility index (Phi) is 27.0. The molecule has 0 aliphatic carbocycles. The van der Waals surface area contributed by atoms with Gasteiger partial charge in [-0.2, -0.15) is 0 Å². The van der Waals surface area contributed by atoms with E-state index >= 15 is 0 Å². The van der Waals surface area contributed by atoms with E-state index in [-0.39, 0.29) is 0 Å². The molecular formula is C6H12B6F24N2-6. The van der Waals surface area contributed by atoms with Crippen molar-refractivity contribution in [2.24, 2.45) is 0 Å². The van der Waals surface area contributed by atoms with Gasteiger partial charge in [-0.1, -0.05) is 0 Å². The van der Waals surface area contributed by atoms with Gasteiger partial charge in [-0.3, -0.25) is 0 Å². The Bertz CT molecular complexity index is 416. The van der Waals surface area contributed by atoms with Gasteiger partial charge >= 0.3 is 43.5 Å². The predicted molar refractivity (Wildman–Crippen MR) is 95.3 cm³/mol. The lowest BCUT2D eigenvalue weighted by atomic mass is 10.3. The van der Waals surface area contributed by atoms with Crippen molar-refractivity contribution in [1.29, 1.82) is 0 Å². The standard InChI is InChI=1S/C6H12N2.6BF4/c1-3-8-5-4-7(2)6-8;6*2-1(3,4)5/h4-5H,3,6H2,1-2H3;;;;;;/q;6*-1. The normalized spacial score (nSPS) is 13.3. The van der Waals surface area contributed by atoms with Crippen molar-refractivity contribution in [2.45, 2.75) is 6.92 Å². The van der Waals surface area contributed by atoms with E-state index in [2.05, 4.69) is 36.2 Å². The summed E-state index contributed by atoms with van der Waals surface area (Å²) in [5.74, 6) is 0. The van der Waals surface area contributed by atoms with Crippen molar-refractivity contribution >= 4 is 43.5 Å². The highest BCUT2D eigenvalue weighted by atomic mass is 19.5. The molecule has 0 spiro atoms. The molecule has 1 heterocycles. The highest BCUT2D eigenvalue weighted by molar-refractivity contribution is 6.51. The lowest BCUT2D eigenvalue weighted by Crippen LogP contribution is -2.21. The lowest BCUT2D eigenvalue weighted by Gasteiger charge is -2.14. The van der Waals surface area contributed by atoms with Gasteiger partial charge in [0.1, 0.15) is 0 Å². The molecule has 1 aliphatic rings. The van der Waals surface area contributed by atoms with Gasteiger partial charge in [0, 0.05) is 26.0 Å². The van der Waals surface area contributed by atoms with Crippen LogP contribution in [0, 0.1) is 0 Å². The van der Waals surface area contributed by atoms with Crippen LogP contribution in [-0.4, -0.2) is 73.6 Å².